The number of aliphatic hydroxyl groups is 3. The maximum Gasteiger partial charge on any atom is 0.317 e. The van der Waals surface area contributed by atoms with Gasteiger partial charge in [-0.1, -0.05) is 6.07 Å². The molecule has 1 spiro atoms. The normalized spacial score (nSPS) is 26.6. The zero-order valence-electron chi connectivity index (χ0n) is 29.4. The highest BCUT2D eigenvalue weighted by atomic mass is 16.7. The van der Waals surface area contributed by atoms with Crippen LogP contribution in [-0.2, 0) is 30.4 Å². The molecule has 286 valence electrons. The van der Waals surface area contributed by atoms with Gasteiger partial charge in [-0.25, -0.2) is 0 Å². The number of benzene rings is 2. The number of nitrogens with zero attached hydrogens (tertiary/aromatic N) is 1. The van der Waals surface area contributed by atoms with E-state index in [-0.39, 0.29) is 17.5 Å². The molecule has 1 saturated carbocycles. The van der Waals surface area contributed by atoms with E-state index in [2.05, 4.69) is 4.98 Å². The van der Waals surface area contributed by atoms with E-state index in [0.717, 1.165) is 27.6 Å². The molecule has 0 amide bonds. The lowest BCUT2D eigenvalue weighted by molar-refractivity contribution is -0.278. The van der Waals surface area contributed by atoms with Gasteiger partial charge >= 0.3 is 11.9 Å². The molecule has 3 aliphatic heterocycles. The van der Waals surface area contributed by atoms with Crippen LogP contribution in [0.2, 0.25) is 0 Å². The molecule has 0 bridgehead atoms. The minimum atomic E-state index is -1.76. The Morgan fingerprint density at radius 3 is 2.54 bits per heavy atom. The molecule has 16 nitrogen and oxygen atoms in total. The minimum absolute atomic E-state index is 0.145. The third-order valence-electron chi connectivity index (χ3n) is 10.8. The highest BCUT2D eigenvalue weighted by molar-refractivity contribution is 5.90. The zero-order valence-corrected chi connectivity index (χ0v) is 29.4. The Labute approximate surface area is 308 Å². The molecule has 0 radical (unpaired) electrons. The number of aliphatic hydroxyl groups excluding tert-OH is 3. The molecule has 4 aromatic rings. The first-order valence-corrected chi connectivity index (χ1v) is 17.6. The van der Waals surface area contributed by atoms with Crippen LogP contribution in [0.1, 0.15) is 60.8 Å². The molecule has 5 N–H and O–H groups in total. The summed E-state index contributed by atoms with van der Waals surface area (Å²) in [6.07, 6.45) is -2.25. The highest BCUT2D eigenvalue weighted by Gasteiger charge is 2.58. The second-order valence-electron chi connectivity index (χ2n) is 14.1. The molecule has 8 rings (SSSR count). The fourth-order valence-electron chi connectivity index (χ4n) is 8.26. The molecular formula is C38H40N2O14. The number of ketones is 1. The van der Waals surface area contributed by atoms with E-state index in [4.69, 9.17) is 38.3 Å². The molecule has 5 heterocycles. The second kappa shape index (κ2) is 13.8. The molecule has 4 aliphatic rings. The van der Waals surface area contributed by atoms with Crippen molar-refractivity contribution < 1.29 is 68.0 Å². The number of rotatable bonds is 10. The van der Waals surface area contributed by atoms with Crippen LogP contribution in [0.3, 0.4) is 0 Å². The van der Waals surface area contributed by atoms with Crippen LogP contribution in [0.25, 0.3) is 10.9 Å². The molecule has 0 unspecified atom stereocenters. The Bertz CT molecular complexity index is 2070. The van der Waals surface area contributed by atoms with E-state index in [1.54, 1.807) is 26.4 Å². The number of fused-ring (bicyclic) bond motifs is 7. The highest BCUT2D eigenvalue weighted by Crippen LogP contribution is 2.64. The number of aliphatic carboxylic acids is 1. The van der Waals surface area contributed by atoms with Gasteiger partial charge in [0.1, 0.15) is 66.4 Å². The summed E-state index contributed by atoms with van der Waals surface area (Å²) in [6.45, 7) is -0.273. The van der Waals surface area contributed by atoms with Crippen molar-refractivity contribution >= 4 is 28.6 Å². The first-order chi connectivity index (χ1) is 26.0. The number of aromatic nitrogens is 2. The average molecular weight is 749 g/mol. The van der Waals surface area contributed by atoms with Gasteiger partial charge in [-0.3, -0.25) is 14.4 Å². The number of carboxylic acid groups (broad SMARTS) is 1. The number of carbonyl (C=O) groups excluding carboxylic acids is 2. The quantitative estimate of drug-likeness (QED) is 0.116. The summed E-state index contributed by atoms with van der Waals surface area (Å²) < 4.78 is 44.3. The van der Waals surface area contributed by atoms with Crippen LogP contribution in [-0.4, -0.2) is 105 Å². The Morgan fingerprint density at radius 2 is 1.81 bits per heavy atom. The second-order valence-corrected chi connectivity index (χ2v) is 14.1. The lowest BCUT2D eigenvalue weighted by atomic mass is 9.67. The molecule has 2 aromatic heterocycles. The zero-order chi connectivity index (χ0) is 37.9. The Morgan fingerprint density at radius 1 is 1.02 bits per heavy atom. The molecule has 2 aromatic carbocycles. The number of H-pyrrole nitrogens is 1. The molecular weight excluding hydrogens is 708 g/mol. The Hall–Kier alpha value is -5.29. The molecule has 1 aliphatic carbocycles. The van der Waals surface area contributed by atoms with Gasteiger partial charge in [-0.05, 0) is 36.6 Å². The van der Waals surface area contributed by atoms with E-state index in [0.29, 0.717) is 55.2 Å². The summed E-state index contributed by atoms with van der Waals surface area (Å²) >= 11 is 0. The number of nitrogens with one attached hydrogen (secondary N) is 1. The minimum Gasteiger partial charge on any atom is -0.493 e. The summed E-state index contributed by atoms with van der Waals surface area (Å²) in [7, 11) is 3.10. The number of esters is 1. The number of carbonyl (C=O) groups is 3. The molecule has 7 atom stereocenters. The number of Topliss-reactive ketones (excluding diaryl/α,β-unsaturated/α-hetero) is 1. The van der Waals surface area contributed by atoms with Crippen molar-refractivity contribution in [1.29, 1.82) is 0 Å². The predicted molar refractivity (Wildman–Crippen MR) is 185 cm³/mol. The maximum atomic E-state index is 12.6. The first kappa shape index (κ1) is 35.7. The van der Waals surface area contributed by atoms with Gasteiger partial charge in [0, 0.05) is 60.6 Å². The summed E-state index contributed by atoms with van der Waals surface area (Å²) in [6, 6.07) is 9.15. The number of hydrogen-bond donors (Lipinski definition) is 5. The number of hydrogen-bond acceptors (Lipinski definition) is 13. The number of methoxy groups -OCH3 is 2. The lowest BCUT2D eigenvalue weighted by Gasteiger charge is -2.48. The van der Waals surface area contributed by atoms with Crippen LogP contribution < -0.4 is 23.7 Å². The lowest BCUT2D eigenvalue weighted by Crippen LogP contribution is -2.60. The van der Waals surface area contributed by atoms with Crippen LogP contribution in [0.15, 0.2) is 48.9 Å². The fraction of sp³-hybridized carbons (Fsp3) is 0.447. The van der Waals surface area contributed by atoms with Gasteiger partial charge in [0.05, 0.1) is 25.7 Å². The van der Waals surface area contributed by atoms with E-state index in [9.17, 15) is 29.7 Å². The van der Waals surface area contributed by atoms with Crippen LogP contribution in [0.4, 0.5) is 0 Å². The van der Waals surface area contributed by atoms with Crippen molar-refractivity contribution in [3.8, 4) is 28.7 Å². The molecule has 1 saturated heterocycles. The average Bonchev–Trinajstić information content (AvgIpc) is 3.86. The third kappa shape index (κ3) is 6.18. The van der Waals surface area contributed by atoms with Crippen molar-refractivity contribution in [2.45, 2.75) is 87.0 Å². The van der Waals surface area contributed by atoms with Crippen molar-refractivity contribution in [2.75, 3.05) is 20.8 Å². The first-order valence-electron chi connectivity index (χ1n) is 17.6. The smallest absolute Gasteiger partial charge is 0.317 e. The Balaban J connectivity index is 1.19. The number of aromatic amines is 1. The largest absolute Gasteiger partial charge is 0.493 e. The fourth-order valence-corrected chi connectivity index (χ4v) is 8.26. The van der Waals surface area contributed by atoms with Crippen molar-refractivity contribution in [3.05, 3.63) is 65.6 Å². The van der Waals surface area contributed by atoms with Gasteiger partial charge in [-0.2, -0.15) is 0 Å². The van der Waals surface area contributed by atoms with Crippen molar-refractivity contribution in [2.24, 2.45) is 0 Å². The van der Waals surface area contributed by atoms with Gasteiger partial charge in [0.2, 0.25) is 12.0 Å². The van der Waals surface area contributed by atoms with Gasteiger partial charge in [0.25, 0.3) is 0 Å². The van der Waals surface area contributed by atoms with E-state index in [1.165, 1.54) is 0 Å². The molecule has 16 heteroatoms. The van der Waals surface area contributed by atoms with Crippen LogP contribution in [0.5, 0.6) is 28.7 Å². The SMILES string of the molecule is COc1ccc2c(c1OC)O[C@H]1c3c(Cn4cc5cc[nH]c5c4)cc(O[C@@H]4O[C@H](COC(=O)CC(=O)O)[C@@H](O)[C@H](O)[C@H]4O)cc3OC3(CCC(=O)CC3)[C@@H]21. The van der Waals surface area contributed by atoms with E-state index in [1.807, 2.05) is 41.4 Å². The summed E-state index contributed by atoms with van der Waals surface area (Å²) in [4.78, 5) is 38.6. The third-order valence-corrected chi connectivity index (χ3v) is 10.8. The summed E-state index contributed by atoms with van der Waals surface area (Å²) in [5.41, 5.74) is 2.44. The van der Waals surface area contributed by atoms with Crippen LogP contribution in [0, 0.1) is 0 Å². The summed E-state index contributed by atoms with van der Waals surface area (Å²) in [5.74, 6) is -0.548. The topological polar surface area (TPSA) is 217 Å². The number of ether oxygens (including phenoxy) is 7. The predicted octanol–water partition coefficient (Wildman–Crippen LogP) is 2.73. The van der Waals surface area contributed by atoms with E-state index >= 15 is 0 Å². The Kier molecular flexibility index (Phi) is 9.16. The van der Waals surface area contributed by atoms with Crippen molar-refractivity contribution in [3.63, 3.8) is 0 Å². The van der Waals surface area contributed by atoms with Gasteiger partial charge in [0.15, 0.2) is 11.5 Å². The summed E-state index contributed by atoms with van der Waals surface area (Å²) in [5, 5.41) is 42.2. The standard InChI is InChI=1S/C38H40N2O14/c1-48-24-4-3-22-30-36(53-34(22)35(24)49-2)29-19(15-40-14-18-7-10-39-23(18)16-40)11-21(12-25(29)54-38(30)8-5-20(41)6-9-38)51-37-33(47)32(46)31(45)26(52-37)17-50-28(44)13-27(42)43/h3-4,7,10-12,14,16,26,30-33,36-37,39,45-47H,5-6,8-9,13,15,17H2,1-2H3,(H,42,43)/t26-,30+,31-,32+,33-,36+,37-/m1/s1. The molecule has 54 heavy (non-hydrogen) atoms. The maximum absolute atomic E-state index is 12.6. The van der Waals surface area contributed by atoms with E-state index < -0.39 is 67.4 Å². The van der Waals surface area contributed by atoms with Gasteiger partial charge < -0.3 is 63.1 Å². The van der Waals surface area contributed by atoms with Gasteiger partial charge in [-0.15, -0.1) is 0 Å². The molecule has 2 fully saturated rings. The number of carboxylic acids is 1. The van der Waals surface area contributed by atoms with Crippen LogP contribution >= 0.6 is 0 Å². The van der Waals surface area contributed by atoms with Crippen molar-refractivity contribution in [1.82, 2.24) is 9.55 Å². The monoisotopic (exact) mass is 748 g/mol.